The molecule has 33 heavy (non-hydrogen) atoms. The molecule has 6 heteroatoms. The molecular weight excluding hydrogens is 412 g/mol. The maximum Gasteiger partial charge on any atom is 0.258 e. The van der Waals surface area contributed by atoms with Crippen LogP contribution in [0.1, 0.15) is 22.3 Å². The van der Waals surface area contributed by atoms with Crippen LogP contribution >= 0.6 is 0 Å². The van der Waals surface area contributed by atoms with E-state index in [2.05, 4.69) is 33.7 Å². The highest BCUT2D eigenvalue weighted by molar-refractivity contribution is 6.37. The van der Waals surface area contributed by atoms with Gasteiger partial charge in [-0.15, -0.1) is 0 Å². The molecule has 1 saturated heterocycles. The topological polar surface area (TPSA) is 77.4 Å². The van der Waals surface area contributed by atoms with Gasteiger partial charge in [-0.05, 0) is 41.5 Å². The summed E-state index contributed by atoms with van der Waals surface area (Å²) in [7, 11) is 0. The Morgan fingerprint density at radius 2 is 1.79 bits per heavy atom. The molecule has 5 rings (SSSR count). The van der Waals surface area contributed by atoms with Gasteiger partial charge in [-0.3, -0.25) is 9.69 Å². The summed E-state index contributed by atoms with van der Waals surface area (Å²) in [5, 5.41) is 15.8. The number of carbonyl (C=O) groups is 1. The smallest absolute Gasteiger partial charge is 0.258 e. The molecule has 1 amide bonds. The fourth-order valence-corrected chi connectivity index (χ4v) is 4.22. The Hall–Kier alpha value is -3.92. The third-order valence-electron chi connectivity index (χ3n) is 5.94. The second-order valence-electron chi connectivity index (χ2n) is 8.15. The average molecular weight is 437 g/mol. The first-order valence-corrected chi connectivity index (χ1v) is 11.0. The Balaban J connectivity index is 1.49. The largest absolute Gasteiger partial charge is 0.379 e. The fraction of sp³-hybridized carbons (Fsp3) is 0.185. The number of benzene rings is 3. The third kappa shape index (κ3) is 4.51. The minimum atomic E-state index is -0.185. The summed E-state index contributed by atoms with van der Waals surface area (Å²) in [6, 6.07) is 25.5. The number of nitrogens with zero attached hydrogens (tertiary/aromatic N) is 2. The van der Waals surface area contributed by atoms with Crippen LogP contribution in [0.25, 0.3) is 11.3 Å². The minimum Gasteiger partial charge on any atom is -0.379 e. The standard InChI is InChI=1S/C27H24N4O2/c28-17-20-8-11-24-23(16-20)25(27(32)30-24)26(21-4-2-1-3-5-21)29-22-9-6-19(7-10-22)18-31-12-14-33-15-13-31/h1-11,16,29H,12-15,18H2,(H,30,32). The first-order chi connectivity index (χ1) is 16.2. The molecule has 0 atom stereocenters. The van der Waals surface area contributed by atoms with Gasteiger partial charge in [0.05, 0.1) is 36.1 Å². The van der Waals surface area contributed by atoms with E-state index in [9.17, 15) is 10.1 Å². The van der Waals surface area contributed by atoms with E-state index in [1.54, 1.807) is 18.2 Å². The van der Waals surface area contributed by atoms with Crippen molar-refractivity contribution in [3.8, 4) is 6.07 Å². The zero-order valence-electron chi connectivity index (χ0n) is 18.2. The van der Waals surface area contributed by atoms with Crippen molar-refractivity contribution in [2.75, 3.05) is 36.9 Å². The summed E-state index contributed by atoms with van der Waals surface area (Å²) in [6.45, 7) is 4.35. The fourth-order valence-electron chi connectivity index (χ4n) is 4.22. The molecule has 0 bridgehead atoms. The summed E-state index contributed by atoms with van der Waals surface area (Å²) < 4.78 is 5.43. The Bertz CT molecular complexity index is 1240. The number of ether oxygens (including phenoxy) is 1. The molecule has 0 radical (unpaired) electrons. The van der Waals surface area contributed by atoms with E-state index in [-0.39, 0.29) is 5.91 Å². The molecule has 0 aliphatic carbocycles. The van der Waals surface area contributed by atoms with Crippen molar-refractivity contribution in [3.05, 3.63) is 95.1 Å². The van der Waals surface area contributed by atoms with Gasteiger partial charge in [0.1, 0.15) is 0 Å². The summed E-state index contributed by atoms with van der Waals surface area (Å²) in [5.41, 5.74) is 6.23. The minimum absolute atomic E-state index is 0.185. The van der Waals surface area contributed by atoms with Crippen LogP contribution in [-0.2, 0) is 16.1 Å². The predicted molar refractivity (Wildman–Crippen MR) is 129 cm³/mol. The quantitative estimate of drug-likeness (QED) is 0.583. The van der Waals surface area contributed by atoms with Gasteiger partial charge in [-0.1, -0.05) is 42.5 Å². The molecule has 2 aliphatic rings. The zero-order valence-corrected chi connectivity index (χ0v) is 18.2. The molecule has 2 heterocycles. The lowest BCUT2D eigenvalue weighted by Crippen LogP contribution is -2.35. The number of hydrogen-bond donors (Lipinski definition) is 2. The lowest BCUT2D eigenvalue weighted by atomic mass is 9.98. The van der Waals surface area contributed by atoms with Crippen molar-refractivity contribution < 1.29 is 9.53 Å². The number of amides is 1. The first kappa shape index (κ1) is 21.0. The Morgan fingerprint density at radius 1 is 1.03 bits per heavy atom. The van der Waals surface area contributed by atoms with Gasteiger partial charge >= 0.3 is 0 Å². The summed E-state index contributed by atoms with van der Waals surface area (Å²) in [4.78, 5) is 15.4. The van der Waals surface area contributed by atoms with Crippen LogP contribution in [0.4, 0.5) is 11.4 Å². The van der Waals surface area contributed by atoms with Gasteiger partial charge in [0.2, 0.25) is 0 Å². The highest BCUT2D eigenvalue weighted by atomic mass is 16.5. The Morgan fingerprint density at radius 3 is 2.52 bits per heavy atom. The van der Waals surface area contributed by atoms with Crippen LogP contribution in [-0.4, -0.2) is 37.1 Å². The maximum absolute atomic E-state index is 13.0. The molecular formula is C27H24N4O2. The lowest BCUT2D eigenvalue weighted by molar-refractivity contribution is -0.110. The van der Waals surface area contributed by atoms with Gasteiger partial charge in [-0.25, -0.2) is 0 Å². The predicted octanol–water partition coefficient (Wildman–Crippen LogP) is 4.32. The molecule has 0 spiro atoms. The van der Waals surface area contributed by atoms with Crippen molar-refractivity contribution in [2.24, 2.45) is 0 Å². The average Bonchev–Trinajstić information content (AvgIpc) is 3.19. The molecule has 0 aromatic heterocycles. The molecule has 2 aliphatic heterocycles. The molecule has 3 aromatic rings. The van der Waals surface area contributed by atoms with Gasteiger partial charge in [-0.2, -0.15) is 5.26 Å². The van der Waals surface area contributed by atoms with E-state index in [0.717, 1.165) is 49.7 Å². The highest BCUT2D eigenvalue weighted by Gasteiger charge is 2.28. The molecule has 2 N–H and O–H groups in total. The third-order valence-corrected chi connectivity index (χ3v) is 5.94. The maximum atomic E-state index is 13.0. The van der Waals surface area contributed by atoms with E-state index in [0.29, 0.717) is 22.5 Å². The van der Waals surface area contributed by atoms with Crippen LogP contribution in [0, 0.1) is 11.3 Å². The van der Waals surface area contributed by atoms with Crippen molar-refractivity contribution in [1.82, 2.24) is 4.90 Å². The molecule has 6 nitrogen and oxygen atoms in total. The second-order valence-corrected chi connectivity index (χ2v) is 8.15. The van der Waals surface area contributed by atoms with E-state index in [1.807, 2.05) is 42.5 Å². The van der Waals surface area contributed by atoms with Crippen LogP contribution in [0.15, 0.2) is 72.8 Å². The molecule has 0 saturated carbocycles. The van der Waals surface area contributed by atoms with E-state index >= 15 is 0 Å². The van der Waals surface area contributed by atoms with Crippen LogP contribution in [0.2, 0.25) is 0 Å². The van der Waals surface area contributed by atoms with Crippen molar-refractivity contribution in [2.45, 2.75) is 6.54 Å². The zero-order chi connectivity index (χ0) is 22.6. The van der Waals surface area contributed by atoms with Crippen molar-refractivity contribution in [3.63, 3.8) is 0 Å². The number of nitrogens with one attached hydrogen (secondary N) is 2. The van der Waals surface area contributed by atoms with Gasteiger partial charge < -0.3 is 15.4 Å². The molecule has 0 unspecified atom stereocenters. The van der Waals surface area contributed by atoms with E-state index < -0.39 is 0 Å². The van der Waals surface area contributed by atoms with Crippen LogP contribution < -0.4 is 10.6 Å². The Labute approximate surface area is 193 Å². The van der Waals surface area contributed by atoms with E-state index in [1.165, 1.54) is 5.56 Å². The number of anilines is 2. The molecule has 1 fully saturated rings. The van der Waals surface area contributed by atoms with Crippen molar-refractivity contribution in [1.29, 1.82) is 5.26 Å². The first-order valence-electron chi connectivity index (χ1n) is 11.0. The van der Waals surface area contributed by atoms with Crippen LogP contribution in [0.3, 0.4) is 0 Å². The normalized spacial score (nSPS) is 17.1. The number of morpholine rings is 1. The van der Waals surface area contributed by atoms with Gasteiger partial charge in [0.15, 0.2) is 0 Å². The van der Waals surface area contributed by atoms with Crippen LogP contribution in [0.5, 0.6) is 0 Å². The molecule has 3 aromatic carbocycles. The summed E-state index contributed by atoms with van der Waals surface area (Å²) in [6.07, 6.45) is 0. The Kier molecular flexibility index (Phi) is 5.90. The van der Waals surface area contributed by atoms with Gasteiger partial charge in [0.25, 0.3) is 5.91 Å². The SMILES string of the molecule is N#Cc1ccc2c(c1)C(=C(Nc1ccc(CN3CCOCC3)cc1)c1ccccc1)C(=O)N2. The lowest BCUT2D eigenvalue weighted by Gasteiger charge is -2.26. The number of hydrogen-bond acceptors (Lipinski definition) is 5. The highest BCUT2D eigenvalue weighted by Crippen LogP contribution is 2.38. The number of fused-ring (bicyclic) bond motifs is 1. The second kappa shape index (κ2) is 9.29. The summed E-state index contributed by atoms with van der Waals surface area (Å²) >= 11 is 0. The summed E-state index contributed by atoms with van der Waals surface area (Å²) in [5.74, 6) is -0.185. The number of nitriles is 1. The number of carbonyl (C=O) groups excluding carboxylic acids is 1. The van der Waals surface area contributed by atoms with Crippen molar-refractivity contribution >= 4 is 28.6 Å². The molecule has 164 valence electrons. The number of rotatable bonds is 5. The van der Waals surface area contributed by atoms with E-state index in [4.69, 9.17) is 4.74 Å². The monoisotopic (exact) mass is 436 g/mol. The van der Waals surface area contributed by atoms with Gasteiger partial charge in [0, 0.05) is 36.6 Å².